The topological polar surface area (TPSA) is 34.9 Å². The van der Waals surface area contributed by atoms with Gasteiger partial charge in [0.05, 0.1) is 0 Å². The minimum atomic E-state index is 0.0544. The van der Waals surface area contributed by atoms with Crippen molar-refractivity contribution in [2.24, 2.45) is 7.05 Å². The maximum Gasteiger partial charge on any atom is 0.188 e. The van der Waals surface area contributed by atoms with E-state index in [1.54, 1.807) is 35.3 Å². The van der Waals surface area contributed by atoms with Crippen molar-refractivity contribution in [2.75, 3.05) is 0 Å². The Morgan fingerprint density at radius 2 is 2.40 bits per heavy atom. The first-order valence-electron chi connectivity index (χ1n) is 4.41. The SMILES string of the molecule is Cn1ccc(C(=O)Cc2sccc2Br)n1. The third-order valence-corrected chi connectivity index (χ3v) is 3.94. The second kappa shape index (κ2) is 4.28. The number of halogens is 1. The van der Waals surface area contributed by atoms with Gasteiger partial charge in [-0.2, -0.15) is 5.10 Å². The zero-order valence-corrected chi connectivity index (χ0v) is 10.5. The first-order valence-corrected chi connectivity index (χ1v) is 6.09. The molecule has 2 heterocycles. The van der Waals surface area contributed by atoms with Crippen molar-refractivity contribution in [3.8, 4) is 0 Å². The van der Waals surface area contributed by atoms with Crippen molar-refractivity contribution in [1.29, 1.82) is 0 Å². The van der Waals surface area contributed by atoms with Crippen LogP contribution in [0.3, 0.4) is 0 Å². The van der Waals surface area contributed by atoms with Gasteiger partial charge in [-0.05, 0) is 33.4 Å². The fourth-order valence-corrected chi connectivity index (χ4v) is 2.74. The van der Waals surface area contributed by atoms with Crippen molar-refractivity contribution in [2.45, 2.75) is 6.42 Å². The average molecular weight is 285 g/mol. The third kappa shape index (κ3) is 2.35. The van der Waals surface area contributed by atoms with Gasteiger partial charge < -0.3 is 0 Å². The van der Waals surface area contributed by atoms with Crippen LogP contribution in [-0.4, -0.2) is 15.6 Å². The molecule has 0 fully saturated rings. The van der Waals surface area contributed by atoms with E-state index in [2.05, 4.69) is 21.0 Å². The van der Waals surface area contributed by atoms with E-state index in [1.807, 2.05) is 11.4 Å². The number of rotatable bonds is 3. The molecule has 0 aliphatic rings. The van der Waals surface area contributed by atoms with Gasteiger partial charge in [-0.1, -0.05) is 0 Å². The van der Waals surface area contributed by atoms with Crippen LogP contribution in [-0.2, 0) is 13.5 Å². The van der Waals surface area contributed by atoms with Crippen LogP contribution in [0, 0.1) is 0 Å². The lowest BCUT2D eigenvalue weighted by Crippen LogP contribution is -2.04. The van der Waals surface area contributed by atoms with Gasteiger partial charge in [0.2, 0.25) is 0 Å². The van der Waals surface area contributed by atoms with E-state index in [0.717, 1.165) is 9.35 Å². The van der Waals surface area contributed by atoms with Crippen LogP contribution in [0.2, 0.25) is 0 Å². The zero-order chi connectivity index (χ0) is 10.8. The average Bonchev–Trinajstić information content (AvgIpc) is 2.77. The predicted molar refractivity (Wildman–Crippen MR) is 63.3 cm³/mol. The molecule has 0 radical (unpaired) electrons. The molecular weight excluding hydrogens is 276 g/mol. The lowest BCUT2D eigenvalue weighted by molar-refractivity contribution is 0.0988. The molecule has 0 atom stereocenters. The normalized spacial score (nSPS) is 10.5. The van der Waals surface area contributed by atoms with E-state index in [4.69, 9.17) is 0 Å². The minimum Gasteiger partial charge on any atom is -0.292 e. The maximum atomic E-state index is 11.8. The summed E-state index contributed by atoms with van der Waals surface area (Å²) in [4.78, 5) is 12.8. The summed E-state index contributed by atoms with van der Waals surface area (Å²) in [7, 11) is 1.80. The summed E-state index contributed by atoms with van der Waals surface area (Å²) in [6.45, 7) is 0. The highest BCUT2D eigenvalue weighted by molar-refractivity contribution is 9.10. The first kappa shape index (κ1) is 10.6. The van der Waals surface area contributed by atoms with Crippen molar-refractivity contribution in [1.82, 2.24) is 9.78 Å². The van der Waals surface area contributed by atoms with Crippen LogP contribution in [0.4, 0.5) is 0 Å². The minimum absolute atomic E-state index is 0.0544. The molecule has 0 N–H and O–H groups in total. The van der Waals surface area contributed by atoms with Gasteiger partial charge in [-0.15, -0.1) is 11.3 Å². The number of hydrogen-bond donors (Lipinski definition) is 0. The monoisotopic (exact) mass is 284 g/mol. The molecule has 0 bridgehead atoms. The number of hydrogen-bond acceptors (Lipinski definition) is 3. The number of aromatic nitrogens is 2. The zero-order valence-electron chi connectivity index (χ0n) is 8.11. The van der Waals surface area contributed by atoms with Crippen molar-refractivity contribution >= 4 is 33.0 Å². The fraction of sp³-hybridized carbons (Fsp3) is 0.200. The van der Waals surface area contributed by atoms with E-state index >= 15 is 0 Å². The summed E-state index contributed by atoms with van der Waals surface area (Å²) in [5.41, 5.74) is 0.526. The summed E-state index contributed by atoms with van der Waals surface area (Å²) in [6.07, 6.45) is 2.19. The molecule has 0 aromatic carbocycles. The number of carbonyl (C=O) groups is 1. The number of nitrogens with zero attached hydrogens (tertiary/aromatic N) is 2. The number of ketones is 1. The lowest BCUT2D eigenvalue weighted by atomic mass is 10.2. The largest absolute Gasteiger partial charge is 0.292 e. The third-order valence-electron chi connectivity index (χ3n) is 2.01. The Hall–Kier alpha value is -0.940. The Balaban J connectivity index is 2.14. The second-order valence-corrected chi connectivity index (χ2v) is 5.02. The van der Waals surface area contributed by atoms with Crippen LogP contribution in [0.5, 0.6) is 0 Å². The molecule has 15 heavy (non-hydrogen) atoms. The highest BCUT2D eigenvalue weighted by Crippen LogP contribution is 2.23. The van der Waals surface area contributed by atoms with Crippen molar-refractivity contribution in [3.63, 3.8) is 0 Å². The Bertz CT molecular complexity index is 489. The summed E-state index contributed by atoms with van der Waals surface area (Å²) >= 11 is 4.98. The first-order chi connectivity index (χ1) is 7.16. The van der Waals surface area contributed by atoms with Crippen molar-refractivity contribution in [3.05, 3.63) is 38.8 Å². The van der Waals surface area contributed by atoms with E-state index in [0.29, 0.717) is 12.1 Å². The summed E-state index contributed by atoms with van der Waals surface area (Å²) in [5, 5.41) is 6.04. The predicted octanol–water partition coefficient (Wildman–Crippen LogP) is 2.67. The molecule has 2 rings (SSSR count). The number of aryl methyl sites for hydroxylation is 1. The van der Waals surface area contributed by atoms with Gasteiger partial charge in [-0.25, -0.2) is 0 Å². The van der Waals surface area contributed by atoms with E-state index in [1.165, 1.54) is 0 Å². The molecule has 0 spiro atoms. The molecule has 3 nitrogen and oxygen atoms in total. The fourth-order valence-electron chi connectivity index (χ4n) is 1.25. The molecule has 0 amide bonds. The molecule has 78 valence electrons. The highest BCUT2D eigenvalue weighted by atomic mass is 79.9. The van der Waals surface area contributed by atoms with Crippen molar-refractivity contribution < 1.29 is 4.79 Å². The molecule has 2 aromatic heterocycles. The molecular formula is C10H9BrN2OS. The number of Topliss-reactive ketones (excluding diaryl/α,β-unsaturated/α-hetero) is 1. The summed E-state index contributed by atoms with van der Waals surface area (Å²) in [6, 6.07) is 3.69. The molecule has 0 saturated carbocycles. The summed E-state index contributed by atoms with van der Waals surface area (Å²) in [5.74, 6) is 0.0544. The van der Waals surface area contributed by atoms with E-state index in [-0.39, 0.29) is 5.78 Å². The Labute approximate surface area is 99.9 Å². The van der Waals surface area contributed by atoms with Gasteiger partial charge in [0.25, 0.3) is 0 Å². The molecule has 2 aromatic rings. The second-order valence-electron chi connectivity index (χ2n) is 3.17. The van der Waals surface area contributed by atoms with E-state index in [9.17, 15) is 4.79 Å². The van der Waals surface area contributed by atoms with Gasteiger partial charge >= 0.3 is 0 Å². The van der Waals surface area contributed by atoms with E-state index < -0.39 is 0 Å². The molecule has 0 unspecified atom stereocenters. The van der Waals surface area contributed by atoms with Gasteiger partial charge in [0.15, 0.2) is 5.78 Å². The number of thiophene rings is 1. The van der Waals surface area contributed by atoms with Gasteiger partial charge in [0, 0.05) is 29.0 Å². The standard InChI is InChI=1S/C10H9BrN2OS/c1-13-4-2-8(12-13)9(14)6-10-7(11)3-5-15-10/h2-5H,6H2,1H3. The molecule has 0 aliphatic carbocycles. The Morgan fingerprint density at radius 3 is 2.93 bits per heavy atom. The smallest absolute Gasteiger partial charge is 0.188 e. The van der Waals surface area contributed by atoms with Gasteiger partial charge in [0.1, 0.15) is 5.69 Å². The maximum absolute atomic E-state index is 11.8. The van der Waals surface area contributed by atoms with Crippen LogP contribution >= 0.6 is 27.3 Å². The molecule has 0 saturated heterocycles. The number of carbonyl (C=O) groups excluding carboxylic acids is 1. The quantitative estimate of drug-likeness (QED) is 0.813. The molecule has 5 heteroatoms. The van der Waals surface area contributed by atoms with Crippen LogP contribution in [0.1, 0.15) is 15.4 Å². The Morgan fingerprint density at radius 1 is 1.60 bits per heavy atom. The van der Waals surface area contributed by atoms with Gasteiger partial charge in [-0.3, -0.25) is 9.48 Å². The Kier molecular flexibility index (Phi) is 3.02. The summed E-state index contributed by atoms with van der Waals surface area (Å²) < 4.78 is 2.63. The van der Waals surface area contributed by atoms with Crippen LogP contribution in [0.15, 0.2) is 28.2 Å². The molecule has 0 aliphatic heterocycles. The van der Waals surface area contributed by atoms with Crippen LogP contribution in [0.25, 0.3) is 0 Å². The van der Waals surface area contributed by atoms with Crippen LogP contribution < -0.4 is 0 Å². The highest BCUT2D eigenvalue weighted by Gasteiger charge is 2.12. The lowest BCUT2D eigenvalue weighted by Gasteiger charge is -1.95.